The van der Waals surface area contributed by atoms with Gasteiger partial charge in [0.1, 0.15) is 5.75 Å². The number of hydrogen-bond acceptors (Lipinski definition) is 4. The van der Waals surface area contributed by atoms with Gasteiger partial charge in [0.15, 0.2) is 0 Å². The molecule has 1 saturated heterocycles. The van der Waals surface area contributed by atoms with E-state index in [0.29, 0.717) is 50.4 Å². The molecule has 1 aromatic rings. The fourth-order valence-electron chi connectivity index (χ4n) is 2.26. The van der Waals surface area contributed by atoms with Crippen LogP contribution in [0.3, 0.4) is 0 Å². The van der Waals surface area contributed by atoms with Crippen molar-refractivity contribution in [3.05, 3.63) is 24.3 Å². The quantitative estimate of drug-likeness (QED) is 0.817. The molecule has 0 aliphatic carbocycles. The number of rotatable bonds is 4. The highest BCUT2D eigenvalue weighted by Gasteiger charge is 2.29. The molecule has 0 spiro atoms. The molecular weight excluding hydrogens is 256 g/mol. The first-order valence-corrected chi connectivity index (χ1v) is 6.95. The average Bonchev–Trinajstić information content (AvgIpc) is 2.38. The second-order valence-electron chi connectivity index (χ2n) is 5.55. The fraction of sp³-hybridized carbons (Fsp3) is 0.533. The Bertz CT molecular complexity index is 464. The maximum atomic E-state index is 12.0. The van der Waals surface area contributed by atoms with Gasteiger partial charge in [-0.3, -0.25) is 4.79 Å². The summed E-state index contributed by atoms with van der Waals surface area (Å²) in [6.07, 6.45) is 1.61. The summed E-state index contributed by atoms with van der Waals surface area (Å²) in [6, 6.07) is 7.17. The average molecular weight is 278 g/mol. The van der Waals surface area contributed by atoms with Crippen LogP contribution in [0.1, 0.15) is 26.2 Å². The third-order valence-corrected chi connectivity index (χ3v) is 3.64. The number of carbonyl (C=O) groups is 1. The summed E-state index contributed by atoms with van der Waals surface area (Å²) in [4.78, 5) is 13.8. The van der Waals surface area contributed by atoms with Gasteiger partial charge in [-0.1, -0.05) is 6.07 Å². The Kier molecular flexibility index (Phi) is 4.49. The number of benzene rings is 1. The van der Waals surface area contributed by atoms with E-state index in [0.717, 1.165) is 0 Å². The van der Waals surface area contributed by atoms with Gasteiger partial charge in [0.05, 0.1) is 18.6 Å². The van der Waals surface area contributed by atoms with Crippen molar-refractivity contribution >= 4 is 11.6 Å². The van der Waals surface area contributed by atoms with Crippen LogP contribution < -0.4 is 10.5 Å². The van der Waals surface area contributed by atoms with Crippen LogP contribution in [0.5, 0.6) is 5.75 Å². The van der Waals surface area contributed by atoms with E-state index in [2.05, 4.69) is 0 Å². The zero-order chi connectivity index (χ0) is 14.6. The number of aliphatic hydroxyl groups is 1. The molecule has 0 bridgehead atoms. The van der Waals surface area contributed by atoms with Gasteiger partial charge >= 0.3 is 0 Å². The van der Waals surface area contributed by atoms with E-state index in [1.807, 2.05) is 19.1 Å². The molecule has 1 aliphatic rings. The first-order valence-electron chi connectivity index (χ1n) is 6.95. The lowest BCUT2D eigenvalue weighted by molar-refractivity contribution is -0.135. The molecule has 0 radical (unpaired) electrons. The van der Waals surface area contributed by atoms with Crippen molar-refractivity contribution in [2.75, 3.05) is 25.4 Å². The smallest absolute Gasteiger partial charge is 0.226 e. The highest BCUT2D eigenvalue weighted by molar-refractivity contribution is 5.76. The zero-order valence-electron chi connectivity index (χ0n) is 11.8. The summed E-state index contributed by atoms with van der Waals surface area (Å²) in [5.74, 6) is 0.754. The molecule has 1 aromatic carbocycles. The highest BCUT2D eigenvalue weighted by atomic mass is 16.5. The first-order chi connectivity index (χ1) is 9.46. The number of nitrogens with zero attached hydrogens (tertiary/aromatic N) is 1. The van der Waals surface area contributed by atoms with Crippen LogP contribution in [0.15, 0.2) is 24.3 Å². The monoisotopic (exact) mass is 278 g/mol. The predicted molar refractivity (Wildman–Crippen MR) is 77.4 cm³/mol. The number of nitrogens with two attached hydrogens (primary N) is 1. The SMILES string of the molecule is CC1(O)CCN(C(=O)CCOc2cccc(N)c2)CC1. The van der Waals surface area contributed by atoms with Gasteiger partial charge in [-0.2, -0.15) is 0 Å². The van der Waals surface area contributed by atoms with Gasteiger partial charge in [-0.15, -0.1) is 0 Å². The van der Waals surface area contributed by atoms with Crippen molar-refractivity contribution in [3.8, 4) is 5.75 Å². The largest absolute Gasteiger partial charge is 0.493 e. The summed E-state index contributed by atoms with van der Waals surface area (Å²) in [6.45, 7) is 3.39. The van der Waals surface area contributed by atoms with Crippen LogP contribution in [0.4, 0.5) is 5.69 Å². The maximum Gasteiger partial charge on any atom is 0.226 e. The second-order valence-corrected chi connectivity index (χ2v) is 5.55. The number of hydrogen-bond donors (Lipinski definition) is 2. The van der Waals surface area contributed by atoms with Gasteiger partial charge in [-0.25, -0.2) is 0 Å². The Balaban J connectivity index is 1.73. The normalized spacial score (nSPS) is 17.8. The van der Waals surface area contributed by atoms with Gasteiger partial charge in [0.25, 0.3) is 0 Å². The second kappa shape index (κ2) is 6.13. The number of likely N-dealkylation sites (tertiary alicyclic amines) is 1. The van der Waals surface area contributed by atoms with Crippen LogP contribution in [0.25, 0.3) is 0 Å². The van der Waals surface area contributed by atoms with E-state index in [-0.39, 0.29) is 5.91 Å². The molecule has 1 fully saturated rings. The van der Waals surface area contributed by atoms with Crippen molar-refractivity contribution in [2.45, 2.75) is 31.8 Å². The number of ether oxygens (including phenoxy) is 1. The molecule has 1 heterocycles. The van der Waals surface area contributed by atoms with Crippen LogP contribution in [0.2, 0.25) is 0 Å². The van der Waals surface area contributed by atoms with E-state index in [4.69, 9.17) is 10.5 Å². The standard InChI is InChI=1S/C15H22N2O3/c1-15(19)6-8-17(9-7-15)14(18)5-10-20-13-4-2-3-12(16)11-13/h2-4,11,19H,5-10,16H2,1H3. The molecule has 2 rings (SSSR count). The third-order valence-electron chi connectivity index (χ3n) is 3.64. The van der Waals surface area contributed by atoms with Crippen molar-refractivity contribution < 1.29 is 14.6 Å². The molecule has 1 aliphatic heterocycles. The summed E-state index contributed by atoms with van der Waals surface area (Å²) >= 11 is 0. The van der Waals surface area contributed by atoms with E-state index in [1.165, 1.54) is 0 Å². The molecule has 0 atom stereocenters. The van der Waals surface area contributed by atoms with Crippen molar-refractivity contribution in [1.29, 1.82) is 0 Å². The Morgan fingerprint density at radius 3 is 2.80 bits per heavy atom. The first kappa shape index (κ1) is 14.7. The minimum Gasteiger partial charge on any atom is -0.493 e. The highest BCUT2D eigenvalue weighted by Crippen LogP contribution is 2.21. The van der Waals surface area contributed by atoms with E-state index in [1.54, 1.807) is 17.0 Å². The third kappa shape index (κ3) is 4.13. The summed E-state index contributed by atoms with van der Waals surface area (Å²) in [5.41, 5.74) is 5.67. The Morgan fingerprint density at radius 2 is 2.15 bits per heavy atom. The molecular formula is C15H22N2O3. The molecule has 5 nitrogen and oxygen atoms in total. The number of amides is 1. The molecule has 3 N–H and O–H groups in total. The fourth-order valence-corrected chi connectivity index (χ4v) is 2.26. The van der Waals surface area contributed by atoms with Crippen molar-refractivity contribution in [1.82, 2.24) is 4.90 Å². The van der Waals surface area contributed by atoms with Crippen LogP contribution in [-0.4, -0.2) is 41.2 Å². The Morgan fingerprint density at radius 1 is 1.45 bits per heavy atom. The molecule has 0 unspecified atom stereocenters. The summed E-state index contributed by atoms with van der Waals surface area (Å²) in [5, 5.41) is 9.85. The van der Waals surface area contributed by atoms with Gasteiger partial charge in [0, 0.05) is 24.8 Å². The number of piperidine rings is 1. The lowest BCUT2D eigenvalue weighted by Crippen LogP contribution is -2.45. The van der Waals surface area contributed by atoms with E-state index in [9.17, 15) is 9.90 Å². The van der Waals surface area contributed by atoms with Gasteiger partial charge in [0.2, 0.25) is 5.91 Å². The molecule has 1 amide bonds. The zero-order valence-corrected chi connectivity index (χ0v) is 11.8. The maximum absolute atomic E-state index is 12.0. The van der Waals surface area contributed by atoms with Gasteiger partial charge in [-0.05, 0) is 31.9 Å². The molecule has 20 heavy (non-hydrogen) atoms. The Labute approximate surface area is 119 Å². The molecule has 0 saturated carbocycles. The number of nitrogen functional groups attached to an aromatic ring is 1. The topological polar surface area (TPSA) is 75.8 Å². The molecule has 110 valence electrons. The number of anilines is 1. The van der Waals surface area contributed by atoms with Crippen LogP contribution in [-0.2, 0) is 4.79 Å². The van der Waals surface area contributed by atoms with Crippen LogP contribution in [0, 0.1) is 0 Å². The van der Waals surface area contributed by atoms with Crippen molar-refractivity contribution in [3.63, 3.8) is 0 Å². The minimum absolute atomic E-state index is 0.0735. The Hall–Kier alpha value is -1.75. The predicted octanol–water partition coefficient (Wildman–Crippen LogP) is 1.41. The number of carbonyl (C=O) groups excluding carboxylic acids is 1. The molecule has 5 heteroatoms. The lowest BCUT2D eigenvalue weighted by Gasteiger charge is -2.35. The lowest BCUT2D eigenvalue weighted by atomic mass is 9.94. The summed E-state index contributed by atoms with van der Waals surface area (Å²) < 4.78 is 5.51. The van der Waals surface area contributed by atoms with Gasteiger partial charge < -0.3 is 20.5 Å². The summed E-state index contributed by atoms with van der Waals surface area (Å²) in [7, 11) is 0. The van der Waals surface area contributed by atoms with E-state index < -0.39 is 5.60 Å². The van der Waals surface area contributed by atoms with Crippen molar-refractivity contribution in [2.24, 2.45) is 0 Å². The molecule has 0 aromatic heterocycles. The van der Waals surface area contributed by atoms with E-state index >= 15 is 0 Å². The minimum atomic E-state index is -0.630. The van der Waals surface area contributed by atoms with Crippen LogP contribution >= 0.6 is 0 Å².